The Morgan fingerprint density at radius 1 is 1.06 bits per heavy atom. The van der Waals surface area contributed by atoms with E-state index >= 15 is 0 Å². The van der Waals surface area contributed by atoms with Crippen LogP contribution in [0.1, 0.15) is 42.2 Å². The van der Waals surface area contributed by atoms with Gasteiger partial charge >= 0.3 is 17.0 Å². The van der Waals surface area contributed by atoms with Gasteiger partial charge in [0, 0.05) is 27.3 Å². The molecule has 8 atom stereocenters. The van der Waals surface area contributed by atoms with E-state index in [1.54, 1.807) is 32.0 Å². The van der Waals surface area contributed by atoms with Gasteiger partial charge in [-0.15, -0.1) is 11.8 Å². The Hall–Kier alpha value is -4.11. The van der Waals surface area contributed by atoms with Gasteiger partial charge in [-0.25, -0.2) is 4.79 Å². The van der Waals surface area contributed by atoms with Crippen LogP contribution in [0, 0.1) is 35.5 Å². The van der Waals surface area contributed by atoms with Crippen LogP contribution < -0.4 is 14.9 Å². The van der Waals surface area contributed by atoms with Crippen molar-refractivity contribution in [3.8, 4) is 5.75 Å². The number of amides is 3. The second kappa shape index (κ2) is 11.8. The number of thioether (sulfide) groups is 1. The standard InChI is InChI=1S/C33H30F3N3O7S2/c1-13(2)25(31(43)44)39-29(41)23-17-11-18(24(23)30(39)42)26-22(17)21(27-28(47-26)38-32(45)48-27)16-8-3-4-9-19(16)46-12-20(40)37-15-7-5-6-14(10-15)33(34,35)36/h3-10,13,17-18,21-26H,11-12H2,1-2H3,(H,37,40)(H,38,45)(H,43,44)/t17?,18?,21-,22?,23?,24?,25?,26?/m1/s1. The summed E-state index contributed by atoms with van der Waals surface area (Å²) in [4.78, 5) is 69.7. The average molecular weight is 702 g/mol. The Bertz CT molecular complexity index is 1890. The third-order valence-corrected chi connectivity index (χ3v) is 12.6. The predicted molar refractivity (Wildman–Crippen MR) is 169 cm³/mol. The second-order valence-electron chi connectivity index (χ2n) is 13.0. The van der Waals surface area contributed by atoms with E-state index in [-0.39, 0.29) is 33.6 Å². The summed E-state index contributed by atoms with van der Waals surface area (Å²) in [5, 5.41) is 12.9. The number of rotatable bonds is 8. The number of fused-ring (bicyclic) bond motifs is 9. The number of benzene rings is 2. The summed E-state index contributed by atoms with van der Waals surface area (Å²) in [6.07, 6.45) is -3.98. The third-order valence-electron chi connectivity index (χ3n) is 10.0. The van der Waals surface area contributed by atoms with Crippen molar-refractivity contribution in [1.82, 2.24) is 9.88 Å². The monoisotopic (exact) mass is 701 g/mol. The Morgan fingerprint density at radius 2 is 1.77 bits per heavy atom. The number of aromatic amines is 1. The van der Waals surface area contributed by atoms with E-state index in [0.29, 0.717) is 22.8 Å². The van der Waals surface area contributed by atoms with Crippen molar-refractivity contribution in [3.63, 3.8) is 0 Å². The number of para-hydroxylation sites is 1. The molecule has 3 N–H and O–H groups in total. The minimum Gasteiger partial charge on any atom is -0.483 e. The van der Waals surface area contributed by atoms with Crippen molar-refractivity contribution in [1.29, 1.82) is 0 Å². The van der Waals surface area contributed by atoms with E-state index < -0.39 is 71.8 Å². The molecule has 1 aromatic heterocycles. The number of anilines is 1. The lowest BCUT2D eigenvalue weighted by atomic mass is 9.68. The zero-order valence-corrected chi connectivity index (χ0v) is 27.2. The minimum atomic E-state index is -4.57. The molecule has 3 fully saturated rings. The van der Waals surface area contributed by atoms with Gasteiger partial charge in [0.1, 0.15) is 11.8 Å². The Balaban J connectivity index is 1.19. The number of aromatic nitrogens is 1. The van der Waals surface area contributed by atoms with E-state index in [2.05, 4.69) is 10.3 Å². The zero-order chi connectivity index (χ0) is 34.2. The highest BCUT2D eigenvalue weighted by atomic mass is 32.2. The van der Waals surface area contributed by atoms with Crippen molar-refractivity contribution in [2.24, 2.45) is 35.5 Å². The first-order valence-electron chi connectivity index (χ1n) is 15.4. The van der Waals surface area contributed by atoms with Crippen LogP contribution in [0.25, 0.3) is 0 Å². The van der Waals surface area contributed by atoms with E-state index in [4.69, 9.17) is 4.74 Å². The van der Waals surface area contributed by atoms with Gasteiger partial charge in [0.2, 0.25) is 11.8 Å². The lowest BCUT2D eigenvalue weighted by Gasteiger charge is -2.43. The van der Waals surface area contributed by atoms with Crippen LogP contribution in [-0.4, -0.2) is 56.6 Å². The molecule has 7 rings (SSSR count). The van der Waals surface area contributed by atoms with E-state index in [1.165, 1.54) is 23.9 Å². The van der Waals surface area contributed by atoms with Gasteiger partial charge in [-0.3, -0.25) is 24.1 Å². The van der Waals surface area contributed by atoms with Gasteiger partial charge in [0.05, 0.1) is 22.4 Å². The molecule has 0 spiro atoms. The van der Waals surface area contributed by atoms with Gasteiger partial charge in [-0.05, 0) is 54.4 Å². The quantitative estimate of drug-likeness (QED) is 0.277. The number of carboxylic acid groups (broad SMARTS) is 1. The van der Waals surface area contributed by atoms with Crippen LogP contribution in [0.3, 0.4) is 0 Å². The van der Waals surface area contributed by atoms with Crippen molar-refractivity contribution in [2.75, 3.05) is 11.9 Å². The number of imide groups is 1. The summed E-state index contributed by atoms with van der Waals surface area (Å²) < 4.78 is 45.5. The first kappa shape index (κ1) is 32.4. The van der Waals surface area contributed by atoms with E-state index in [0.717, 1.165) is 33.2 Å². The fourth-order valence-electron chi connectivity index (χ4n) is 8.34. The van der Waals surface area contributed by atoms with Crippen LogP contribution in [0.4, 0.5) is 18.9 Å². The molecule has 15 heteroatoms. The number of carbonyl (C=O) groups is 4. The number of nitrogens with zero attached hydrogens (tertiary/aromatic N) is 1. The third kappa shape index (κ3) is 5.21. The van der Waals surface area contributed by atoms with Gasteiger partial charge in [0.25, 0.3) is 5.91 Å². The number of aliphatic carboxylic acids is 1. The molecule has 2 bridgehead atoms. The largest absolute Gasteiger partial charge is 0.483 e. The second-order valence-corrected chi connectivity index (χ2v) is 15.2. The van der Waals surface area contributed by atoms with Gasteiger partial charge in [-0.2, -0.15) is 13.2 Å². The van der Waals surface area contributed by atoms with Gasteiger partial charge in [-0.1, -0.05) is 49.4 Å². The maximum Gasteiger partial charge on any atom is 0.416 e. The highest BCUT2D eigenvalue weighted by Gasteiger charge is 2.70. The zero-order valence-electron chi connectivity index (χ0n) is 25.5. The lowest BCUT2D eigenvalue weighted by Crippen LogP contribution is -2.49. The van der Waals surface area contributed by atoms with Crippen molar-refractivity contribution in [3.05, 3.63) is 74.2 Å². The number of hydrogen-bond donors (Lipinski definition) is 3. The molecule has 4 aliphatic rings. The number of carboxylic acids is 1. The van der Waals surface area contributed by atoms with Crippen molar-refractivity contribution in [2.45, 2.75) is 48.7 Å². The normalized spacial score (nSPS) is 27.9. The molecule has 2 aliphatic carbocycles. The first-order chi connectivity index (χ1) is 22.8. The fraction of sp³-hybridized carbons (Fsp3) is 0.424. The number of hydrogen-bond acceptors (Lipinski definition) is 8. The van der Waals surface area contributed by atoms with Crippen molar-refractivity contribution < 1.29 is 42.2 Å². The maximum absolute atomic E-state index is 13.9. The number of nitrogens with one attached hydrogen (secondary N) is 2. The Labute approximate surface area is 280 Å². The smallest absolute Gasteiger partial charge is 0.416 e. The summed E-state index contributed by atoms with van der Waals surface area (Å²) >= 11 is 2.53. The molecule has 3 aromatic rings. The molecular formula is C33H30F3N3O7S2. The molecule has 1 saturated heterocycles. The molecular weight excluding hydrogens is 672 g/mol. The summed E-state index contributed by atoms with van der Waals surface area (Å²) in [5.41, 5.74) is -0.275. The summed E-state index contributed by atoms with van der Waals surface area (Å²) in [7, 11) is 0. The van der Waals surface area contributed by atoms with Crippen LogP contribution in [-0.2, 0) is 25.4 Å². The van der Waals surface area contributed by atoms with Crippen LogP contribution in [0.5, 0.6) is 5.75 Å². The van der Waals surface area contributed by atoms with Crippen LogP contribution in [0.15, 0.2) is 58.4 Å². The Kier molecular flexibility index (Phi) is 7.97. The Morgan fingerprint density at radius 3 is 2.46 bits per heavy atom. The highest BCUT2D eigenvalue weighted by molar-refractivity contribution is 8.00. The minimum absolute atomic E-state index is 0.0374. The maximum atomic E-state index is 13.9. The van der Waals surface area contributed by atoms with Gasteiger partial charge in [0.15, 0.2) is 6.61 Å². The number of H-pyrrole nitrogens is 1. The lowest BCUT2D eigenvalue weighted by molar-refractivity contribution is -0.157. The molecule has 3 amide bonds. The molecule has 0 radical (unpaired) electrons. The number of alkyl halides is 3. The fourth-order valence-corrected chi connectivity index (χ4v) is 11.2. The molecule has 2 saturated carbocycles. The van der Waals surface area contributed by atoms with E-state index in [9.17, 15) is 42.3 Å². The van der Waals surface area contributed by atoms with Crippen LogP contribution in [0.2, 0.25) is 0 Å². The summed E-state index contributed by atoms with van der Waals surface area (Å²) in [5.74, 6) is -5.44. The number of halogens is 3. The summed E-state index contributed by atoms with van der Waals surface area (Å²) in [6, 6.07) is 10.00. The first-order valence-corrected chi connectivity index (χ1v) is 17.1. The summed E-state index contributed by atoms with van der Waals surface area (Å²) in [6.45, 7) is 2.82. The number of thiazole rings is 1. The number of carbonyl (C=O) groups excluding carboxylic acids is 3. The molecule has 10 nitrogen and oxygen atoms in total. The van der Waals surface area contributed by atoms with Crippen molar-refractivity contribution >= 4 is 52.5 Å². The number of ether oxygens (including phenoxy) is 1. The molecule has 2 aromatic carbocycles. The number of likely N-dealkylation sites (tertiary alicyclic amines) is 1. The molecule has 3 heterocycles. The molecule has 2 aliphatic heterocycles. The highest BCUT2D eigenvalue weighted by Crippen LogP contribution is 2.69. The predicted octanol–water partition coefficient (Wildman–Crippen LogP) is 5.06. The van der Waals surface area contributed by atoms with E-state index in [1.807, 2.05) is 6.07 Å². The SMILES string of the molecule is CC(C)C(C(=O)O)N1C(=O)C2C3CC(C2C1=O)C1C3Sc2[nH]c(=O)sc2[C@@H]1c1ccccc1OCC(=O)Nc1cccc(C(F)(F)F)c1. The molecule has 252 valence electrons. The average Bonchev–Trinajstić information content (AvgIpc) is 3.76. The molecule has 48 heavy (non-hydrogen) atoms. The topological polar surface area (TPSA) is 146 Å². The molecule has 7 unspecified atom stereocenters. The van der Waals surface area contributed by atoms with Crippen LogP contribution >= 0.6 is 23.1 Å². The van der Waals surface area contributed by atoms with Gasteiger partial charge < -0.3 is 20.1 Å².